The van der Waals surface area contributed by atoms with E-state index in [1.54, 1.807) is 23.9 Å². The maximum Gasteiger partial charge on any atom is 0.137 e. The number of hydrogen-bond donors (Lipinski definition) is 1. The summed E-state index contributed by atoms with van der Waals surface area (Å²) in [4.78, 5) is 0. The molecule has 0 spiro atoms. The molecule has 1 aromatic heterocycles. The zero-order chi connectivity index (χ0) is 12.6. The van der Waals surface area contributed by atoms with E-state index >= 15 is 0 Å². The fourth-order valence-corrected chi connectivity index (χ4v) is 2.47. The maximum atomic E-state index is 13.4. The summed E-state index contributed by atoms with van der Waals surface area (Å²) in [6.45, 7) is 0. The molecule has 17 heavy (non-hydrogen) atoms. The highest BCUT2D eigenvalue weighted by Gasteiger charge is 2.20. The van der Waals surface area contributed by atoms with Crippen LogP contribution in [0.15, 0.2) is 28.9 Å². The van der Waals surface area contributed by atoms with Gasteiger partial charge < -0.3 is 5.73 Å². The monoisotopic (exact) mass is 317 g/mol. The summed E-state index contributed by atoms with van der Waals surface area (Å²) in [7, 11) is 1.74. The van der Waals surface area contributed by atoms with Crippen LogP contribution in [0.4, 0.5) is 4.39 Å². The number of aromatic nitrogens is 2. The largest absolute Gasteiger partial charge is 0.319 e. The molecule has 0 bridgehead atoms. The van der Waals surface area contributed by atoms with Gasteiger partial charge in [0.1, 0.15) is 5.82 Å². The van der Waals surface area contributed by atoms with Gasteiger partial charge >= 0.3 is 0 Å². The Labute approximate surface area is 112 Å². The quantitative estimate of drug-likeness (QED) is 0.925. The number of hydrogen-bond acceptors (Lipinski definition) is 2. The molecule has 0 aliphatic rings. The first-order valence-corrected chi connectivity index (χ1v) is 6.06. The van der Waals surface area contributed by atoms with E-state index in [-0.39, 0.29) is 5.82 Å². The van der Waals surface area contributed by atoms with E-state index in [1.165, 1.54) is 12.3 Å². The summed E-state index contributed by atoms with van der Waals surface area (Å²) in [6.07, 6.45) is 1.52. The van der Waals surface area contributed by atoms with E-state index in [1.807, 2.05) is 0 Å². The second-order valence-corrected chi connectivity index (χ2v) is 4.82. The smallest absolute Gasteiger partial charge is 0.137 e. The van der Waals surface area contributed by atoms with Gasteiger partial charge in [-0.1, -0.05) is 23.7 Å². The Morgan fingerprint density at radius 1 is 1.53 bits per heavy atom. The van der Waals surface area contributed by atoms with E-state index in [4.69, 9.17) is 17.3 Å². The Balaban J connectivity index is 2.51. The molecule has 2 rings (SSSR count). The van der Waals surface area contributed by atoms with Crippen molar-refractivity contribution in [2.45, 2.75) is 6.04 Å². The summed E-state index contributed by atoms with van der Waals surface area (Å²) >= 11 is 9.20. The molecule has 2 aromatic rings. The Kier molecular flexibility index (Phi) is 3.51. The summed E-state index contributed by atoms with van der Waals surface area (Å²) in [5.41, 5.74) is 7.38. The van der Waals surface area contributed by atoms with E-state index in [0.29, 0.717) is 20.8 Å². The first-order chi connectivity index (χ1) is 8.02. The molecule has 2 N–H and O–H groups in total. The lowest BCUT2D eigenvalue weighted by Gasteiger charge is -2.15. The molecule has 0 amide bonds. The van der Waals surface area contributed by atoms with Crippen LogP contribution < -0.4 is 5.73 Å². The van der Waals surface area contributed by atoms with Crippen LogP contribution in [-0.2, 0) is 7.05 Å². The van der Waals surface area contributed by atoms with Gasteiger partial charge in [-0.25, -0.2) is 4.39 Å². The van der Waals surface area contributed by atoms with Gasteiger partial charge in [0.25, 0.3) is 0 Å². The highest BCUT2D eigenvalue weighted by Crippen LogP contribution is 2.31. The summed E-state index contributed by atoms with van der Waals surface area (Å²) in [5.74, 6) is -0.351. The van der Waals surface area contributed by atoms with Gasteiger partial charge in [0.2, 0.25) is 0 Å². The zero-order valence-corrected chi connectivity index (χ0v) is 11.3. The first kappa shape index (κ1) is 12.5. The van der Waals surface area contributed by atoms with Crippen molar-refractivity contribution >= 4 is 27.5 Å². The Morgan fingerprint density at radius 3 is 2.82 bits per heavy atom. The Bertz CT molecular complexity index is 536. The standard InChI is InChI=1S/C11H10BrClFN3/c1-17-11(7(13)5-16-17)10(15)6-3-2-4-8(14)9(6)12/h2-5,10H,15H2,1H3. The third-order valence-corrected chi connectivity index (χ3v) is 3.68. The predicted octanol–water partition coefficient (Wildman–Crippen LogP) is 3.02. The van der Waals surface area contributed by atoms with Crippen molar-refractivity contribution in [1.29, 1.82) is 0 Å². The summed E-state index contributed by atoms with van der Waals surface area (Å²) in [5, 5.41) is 4.48. The van der Waals surface area contributed by atoms with E-state index in [2.05, 4.69) is 21.0 Å². The predicted molar refractivity (Wildman–Crippen MR) is 68.3 cm³/mol. The summed E-state index contributed by atoms with van der Waals surface area (Å²) in [6, 6.07) is 4.20. The second kappa shape index (κ2) is 4.76. The molecule has 0 saturated carbocycles. The van der Waals surface area contributed by atoms with Gasteiger partial charge in [-0.3, -0.25) is 4.68 Å². The molecule has 1 atom stereocenters. The van der Waals surface area contributed by atoms with Crippen LogP contribution in [0.5, 0.6) is 0 Å². The van der Waals surface area contributed by atoms with Crippen molar-refractivity contribution in [2.24, 2.45) is 12.8 Å². The highest BCUT2D eigenvalue weighted by molar-refractivity contribution is 9.10. The van der Waals surface area contributed by atoms with Crippen LogP contribution in [0, 0.1) is 5.82 Å². The van der Waals surface area contributed by atoms with Crippen molar-refractivity contribution in [1.82, 2.24) is 9.78 Å². The number of aryl methyl sites for hydroxylation is 1. The van der Waals surface area contributed by atoms with Crippen LogP contribution in [0.25, 0.3) is 0 Å². The first-order valence-electron chi connectivity index (χ1n) is 4.89. The van der Waals surface area contributed by atoms with E-state index in [0.717, 1.165) is 0 Å². The topological polar surface area (TPSA) is 43.8 Å². The molecule has 0 saturated heterocycles. The summed E-state index contributed by atoms with van der Waals surface area (Å²) < 4.78 is 15.4. The molecule has 0 radical (unpaired) electrons. The van der Waals surface area contributed by atoms with Gasteiger partial charge in [-0.2, -0.15) is 5.10 Å². The van der Waals surface area contributed by atoms with Crippen molar-refractivity contribution in [3.05, 3.63) is 51.0 Å². The highest BCUT2D eigenvalue weighted by atomic mass is 79.9. The molecular weight excluding hydrogens is 308 g/mol. The van der Waals surface area contributed by atoms with Gasteiger partial charge in [0.15, 0.2) is 0 Å². The van der Waals surface area contributed by atoms with Gasteiger partial charge in [-0.15, -0.1) is 0 Å². The Morgan fingerprint density at radius 2 is 2.24 bits per heavy atom. The van der Waals surface area contributed by atoms with Crippen LogP contribution in [0.2, 0.25) is 5.02 Å². The molecule has 0 fully saturated rings. The third-order valence-electron chi connectivity index (χ3n) is 2.55. The molecular formula is C11H10BrClFN3. The number of nitrogens with zero attached hydrogens (tertiary/aromatic N) is 2. The third kappa shape index (κ3) is 2.22. The lowest BCUT2D eigenvalue weighted by atomic mass is 10.0. The van der Waals surface area contributed by atoms with Crippen molar-refractivity contribution in [3.8, 4) is 0 Å². The van der Waals surface area contributed by atoms with Gasteiger partial charge in [-0.05, 0) is 27.6 Å². The molecule has 0 aliphatic carbocycles. The van der Waals surface area contributed by atoms with Crippen molar-refractivity contribution < 1.29 is 4.39 Å². The fourth-order valence-electron chi connectivity index (χ4n) is 1.68. The van der Waals surface area contributed by atoms with E-state index < -0.39 is 6.04 Å². The van der Waals surface area contributed by atoms with E-state index in [9.17, 15) is 4.39 Å². The second-order valence-electron chi connectivity index (χ2n) is 3.62. The van der Waals surface area contributed by atoms with Crippen molar-refractivity contribution in [3.63, 3.8) is 0 Å². The lowest BCUT2D eigenvalue weighted by molar-refractivity contribution is 0.611. The Hall–Kier alpha value is -0.910. The molecule has 3 nitrogen and oxygen atoms in total. The van der Waals surface area contributed by atoms with Gasteiger partial charge in [0.05, 0.1) is 27.4 Å². The number of benzene rings is 1. The molecule has 1 heterocycles. The number of halogens is 3. The van der Waals surface area contributed by atoms with Gasteiger partial charge in [0, 0.05) is 7.05 Å². The maximum absolute atomic E-state index is 13.4. The molecule has 0 aliphatic heterocycles. The fraction of sp³-hybridized carbons (Fsp3) is 0.182. The molecule has 1 unspecified atom stereocenters. The SMILES string of the molecule is Cn1ncc(Cl)c1C(N)c1cccc(F)c1Br. The lowest BCUT2D eigenvalue weighted by Crippen LogP contribution is -2.17. The van der Waals surface area contributed by atoms with Crippen LogP contribution in [0.1, 0.15) is 17.3 Å². The number of nitrogens with two attached hydrogens (primary N) is 1. The minimum Gasteiger partial charge on any atom is -0.319 e. The average Bonchev–Trinajstić information content (AvgIpc) is 2.62. The van der Waals surface area contributed by atoms with Crippen LogP contribution in [0.3, 0.4) is 0 Å². The normalized spacial score (nSPS) is 12.8. The van der Waals surface area contributed by atoms with Crippen molar-refractivity contribution in [2.75, 3.05) is 0 Å². The molecule has 90 valence electrons. The average molecular weight is 319 g/mol. The molecule has 6 heteroatoms. The number of rotatable bonds is 2. The minimum absolute atomic E-state index is 0.351. The minimum atomic E-state index is -0.528. The molecule has 1 aromatic carbocycles. The van der Waals surface area contributed by atoms with Crippen LogP contribution in [-0.4, -0.2) is 9.78 Å². The van der Waals surface area contributed by atoms with Crippen LogP contribution >= 0.6 is 27.5 Å². The zero-order valence-electron chi connectivity index (χ0n) is 8.99.